The average molecular weight is 254 g/mol. The Kier molecular flexibility index (Phi) is 5.14. The van der Waals surface area contributed by atoms with E-state index in [2.05, 4.69) is 0 Å². The largest absolute Gasteiger partial charge is 0.673 e. The average Bonchev–Trinajstić information content (AvgIpc) is 1.94. The third kappa shape index (κ3) is 8.06. The monoisotopic (exact) mass is 253 g/mol. The van der Waals surface area contributed by atoms with Gasteiger partial charge in [-0.3, -0.25) is 0 Å². The van der Waals surface area contributed by atoms with Crippen LogP contribution < -0.4 is 4.79 Å². The summed E-state index contributed by atoms with van der Waals surface area (Å²) in [6.07, 6.45) is 1.09. The number of hydrogen-bond acceptors (Lipinski definition) is 0. The van der Waals surface area contributed by atoms with E-state index in [0.29, 0.717) is 5.02 Å². The minimum atomic E-state index is -6.00. The molecule has 0 unspecified atom stereocenters. The first-order chi connectivity index (χ1) is 6.20. The molecule has 80 valence electrons. The lowest BCUT2D eigenvalue weighted by Crippen LogP contribution is -2.22. The number of hydrogen-bond donors (Lipinski definition) is 0. The van der Waals surface area contributed by atoms with Gasteiger partial charge < -0.3 is 17.3 Å². The van der Waals surface area contributed by atoms with E-state index in [0.717, 1.165) is 6.20 Å². The Labute approximate surface area is 86.1 Å². The van der Waals surface area contributed by atoms with Gasteiger partial charge in [-0.2, -0.15) is 0 Å². The Hall–Kier alpha value is -0.555. The predicted molar refractivity (Wildman–Crippen MR) is 43.3 cm³/mol. The molecule has 0 aliphatic carbocycles. The summed E-state index contributed by atoms with van der Waals surface area (Å²) in [6, 6.07) is 2.89. The highest BCUT2D eigenvalue weighted by Gasteiger charge is 2.20. The van der Waals surface area contributed by atoms with Crippen LogP contribution in [0.15, 0.2) is 18.3 Å². The molecule has 1 nitrogen and oxygen atoms in total. The molecule has 0 N–H and O–H groups in total. The smallest absolute Gasteiger partial charge is 0.418 e. The van der Waals surface area contributed by atoms with Crippen molar-refractivity contribution in [1.82, 2.24) is 0 Å². The van der Waals surface area contributed by atoms with Crippen LogP contribution in [-0.4, -0.2) is 7.25 Å². The minimum absolute atomic E-state index is 0.0133. The second kappa shape index (κ2) is 5.36. The molecular formula is C5H3BCl2F5N. The zero-order valence-corrected chi connectivity index (χ0v) is 7.91. The summed E-state index contributed by atoms with van der Waals surface area (Å²) in [7, 11) is -6.00. The van der Waals surface area contributed by atoms with Crippen LogP contribution in [0.4, 0.5) is 21.7 Å². The van der Waals surface area contributed by atoms with Crippen molar-refractivity contribution in [2.75, 3.05) is 0 Å². The molecule has 0 bridgehead atoms. The van der Waals surface area contributed by atoms with Crippen LogP contribution in [0.2, 0.25) is 10.2 Å². The van der Waals surface area contributed by atoms with Crippen LogP contribution in [-0.2, 0) is 0 Å². The summed E-state index contributed by atoms with van der Waals surface area (Å²) in [6.45, 7) is 0. The molecule has 0 saturated heterocycles. The van der Waals surface area contributed by atoms with Crippen molar-refractivity contribution in [2.45, 2.75) is 0 Å². The quantitative estimate of drug-likeness (QED) is 0.379. The molecule has 14 heavy (non-hydrogen) atoms. The molecule has 0 radical (unpaired) electrons. The van der Waals surface area contributed by atoms with Gasteiger partial charge in [-0.15, -0.1) is 0 Å². The van der Waals surface area contributed by atoms with Gasteiger partial charge in [-0.25, -0.2) is 0 Å². The number of pyridine rings is 1. The lowest BCUT2D eigenvalue weighted by atomic mass is 10.3. The summed E-state index contributed by atoms with van der Waals surface area (Å²) in [5, 5.41) is 0.335. The highest BCUT2D eigenvalue weighted by atomic mass is 35.5. The van der Waals surface area contributed by atoms with Crippen LogP contribution >= 0.6 is 23.2 Å². The molecule has 0 aliphatic rings. The van der Waals surface area contributed by atoms with E-state index in [1.165, 1.54) is 12.1 Å². The van der Waals surface area contributed by atoms with E-state index < -0.39 is 7.25 Å². The standard InChI is InChI=1S/C5H3Cl2FN.BF4/c6-4-1-2-5(7)9(8)3-4;2-1(3,4)5/h1-3H;/q+1;-1. The Bertz CT molecular complexity index is 299. The molecule has 0 fully saturated rings. The maximum atomic E-state index is 12.3. The molecule has 1 heterocycles. The lowest BCUT2D eigenvalue weighted by molar-refractivity contribution is -0.841. The Balaban J connectivity index is 0.000000292. The number of halogens is 7. The van der Waals surface area contributed by atoms with Crippen LogP contribution in [0.3, 0.4) is 0 Å². The van der Waals surface area contributed by atoms with Crippen molar-refractivity contribution >= 4 is 30.5 Å². The molecule has 0 saturated carbocycles. The highest BCUT2D eigenvalue weighted by molar-refractivity contribution is 6.50. The molecule has 1 aromatic heterocycles. The van der Waals surface area contributed by atoms with Gasteiger partial charge in [0.25, 0.3) is 0 Å². The van der Waals surface area contributed by atoms with E-state index >= 15 is 0 Å². The first-order valence-corrected chi connectivity index (χ1v) is 3.86. The van der Waals surface area contributed by atoms with Gasteiger partial charge in [0.05, 0.1) is 4.48 Å². The topological polar surface area (TPSA) is 3.88 Å². The van der Waals surface area contributed by atoms with Crippen LogP contribution in [0.1, 0.15) is 0 Å². The minimum Gasteiger partial charge on any atom is -0.418 e. The van der Waals surface area contributed by atoms with Gasteiger partial charge in [0.15, 0.2) is 0 Å². The number of nitrogens with zero attached hydrogens (tertiary/aromatic N) is 1. The second-order valence-electron chi connectivity index (χ2n) is 1.98. The maximum Gasteiger partial charge on any atom is 0.673 e. The van der Waals surface area contributed by atoms with E-state index in [4.69, 9.17) is 23.2 Å². The lowest BCUT2D eigenvalue weighted by Gasteiger charge is -1.94. The van der Waals surface area contributed by atoms with Gasteiger partial charge in [-0.1, -0.05) is 11.6 Å². The Morgan fingerprint density at radius 2 is 1.50 bits per heavy atom. The van der Waals surface area contributed by atoms with Crippen molar-refractivity contribution in [2.24, 2.45) is 0 Å². The fourth-order valence-electron chi connectivity index (χ4n) is 0.433. The third-order valence-electron chi connectivity index (χ3n) is 0.821. The van der Waals surface area contributed by atoms with Crippen molar-refractivity contribution < 1.29 is 26.5 Å². The molecule has 0 aliphatic heterocycles. The zero-order valence-electron chi connectivity index (χ0n) is 6.40. The van der Waals surface area contributed by atoms with Gasteiger partial charge in [0.2, 0.25) is 6.20 Å². The van der Waals surface area contributed by atoms with Gasteiger partial charge in [-0.05, 0) is 17.7 Å². The van der Waals surface area contributed by atoms with E-state index in [1.807, 2.05) is 0 Å². The van der Waals surface area contributed by atoms with Crippen LogP contribution in [0.25, 0.3) is 0 Å². The Morgan fingerprint density at radius 3 is 1.79 bits per heavy atom. The van der Waals surface area contributed by atoms with Gasteiger partial charge >= 0.3 is 12.4 Å². The maximum absolute atomic E-state index is 12.3. The SMILES string of the molecule is F[B-](F)(F)F.F[n+]1cc(Cl)ccc1Cl. The van der Waals surface area contributed by atoms with Crippen molar-refractivity contribution in [3.63, 3.8) is 0 Å². The number of aromatic nitrogens is 1. The third-order valence-corrected chi connectivity index (χ3v) is 1.33. The molecule has 0 atom stereocenters. The highest BCUT2D eigenvalue weighted by Crippen LogP contribution is 2.07. The van der Waals surface area contributed by atoms with Gasteiger partial charge in [0.1, 0.15) is 5.02 Å². The van der Waals surface area contributed by atoms with E-state index in [1.54, 1.807) is 0 Å². The number of rotatable bonds is 0. The molecule has 9 heteroatoms. The van der Waals surface area contributed by atoms with E-state index in [-0.39, 0.29) is 9.94 Å². The molecule has 1 aromatic rings. The molecule has 0 aromatic carbocycles. The second-order valence-corrected chi connectivity index (χ2v) is 2.80. The summed E-state index contributed by atoms with van der Waals surface area (Å²) < 4.78 is 51.3. The summed E-state index contributed by atoms with van der Waals surface area (Å²) in [5.74, 6) is 0. The van der Waals surface area contributed by atoms with Crippen molar-refractivity contribution in [1.29, 1.82) is 0 Å². The first-order valence-electron chi connectivity index (χ1n) is 3.10. The van der Waals surface area contributed by atoms with Crippen LogP contribution in [0.5, 0.6) is 0 Å². The summed E-state index contributed by atoms with van der Waals surface area (Å²) in [4.78, 5) is 0.254. The normalized spacial score (nSPS) is 10.5. The van der Waals surface area contributed by atoms with Crippen molar-refractivity contribution in [3.05, 3.63) is 28.5 Å². The molecule has 0 amide bonds. The fourth-order valence-corrected chi connectivity index (χ4v) is 0.693. The first kappa shape index (κ1) is 13.4. The van der Waals surface area contributed by atoms with Crippen LogP contribution in [0, 0.1) is 0 Å². The van der Waals surface area contributed by atoms with Crippen molar-refractivity contribution in [3.8, 4) is 0 Å². The summed E-state index contributed by atoms with van der Waals surface area (Å²) >= 11 is 10.7. The summed E-state index contributed by atoms with van der Waals surface area (Å²) in [5.41, 5.74) is 0. The molecule has 1 rings (SSSR count). The van der Waals surface area contributed by atoms with E-state index in [9.17, 15) is 21.7 Å². The zero-order chi connectivity index (χ0) is 11.4. The molecule has 0 spiro atoms. The predicted octanol–water partition coefficient (Wildman–Crippen LogP) is 3.31. The fraction of sp³-hybridized carbons (Fsp3) is 0. The van der Waals surface area contributed by atoms with Gasteiger partial charge in [0, 0.05) is 10.9 Å². The Morgan fingerprint density at radius 1 is 1.07 bits per heavy atom. The molecular weight excluding hydrogens is 251 g/mol.